The van der Waals surface area contributed by atoms with Crippen LogP contribution in [0.25, 0.3) is 0 Å². The fourth-order valence-corrected chi connectivity index (χ4v) is 2.35. The quantitative estimate of drug-likeness (QED) is 0.732. The fourth-order valence-electron chi connectivity index (χ4n) is 1.24. The number of methoxy groups -OCH3 is 1. The van der Waals surface area contributed by atoms with Gasteiger partial charge in [0, 0.05) is 37.3 Å². The monoisotopic (exact) mass is 214 g/mol. The summed E-state index contributed by atoms with van der Waals surface area (Å²) < 4.78 is 4.99. The van der Waals surface area contributed by atoms with Crippen molar-refractivity contribution in [3.05, 3.63) is 16.1 Å². The van der Waals surface area contributed by atoms with Gasteiger partial charge in [0.2, 0.25) is 0 Å². The van der Waals surface area contributed by atoms with Crippen LogP contribution in [0.1, 0.15) is 23.2 Å². The third kappa shape index (κ3) is 4.17. The minimum Gasteiger partial charge on any atom is -0.385 e. The summed E-state index contributed by atoms with van der Waals surface area (Å²) in [6.07, 6.45) is 4.93. The van der Waals surface area contributed by atoms with Crippen molar-refractivity contribution >= 4 is 11.3 Å². The van der Waals surface area contributed by atoms with E-state index in [1.807, 2.05) is 13.1 Å². The van der Waals surface area contributed by atoms with Gasteiger partial charge < -0.3 is 10.5 Å². The van der Waals surface area contributed by atoms with E-state index < -0.39 is 0 Å². The Labute approximate surface area is 89.3 Å². The van der Waals surface area contributed by atoms with Crippen molar-refractivity contribution in [2.24, 2.45) is 5.73 Å². The Kier molecular flexibility index (Phi) is 5.07. The summed E-state index contributed by atoms with van der Waals surface area (Å²) in [5, 5.41) is 1.19. The molecule has 0 aliphatic carbocycles. The second-order valence-electron chi connectivity index (χ2n) is 3.50. The maximum atomic E-state index is 5.71. The van der Waals surface area contributed by atoms with Gasteiger partial charge in [0.05, 0.1) is 5.01 Å². The molecule has 0 saturated carbocycles. The van der Waals surface area contributed by atoms with E-state index >= 15 is 0 Å². The van der Waals surface area contributed by atoms with E-state index in [9.17, 15) is 0 Å². The lowest BCUT2D eigenvalue weighted by Gasteiger charge is -1.99. The van der Waals surface area contributed by atoms with Crippen LogP contribution in [0.3, 0.4) is 0 Å². The molecule has 4 heteroatoms. The maximum absolute atomic E-state index is 5.71. The van der Waals surface area contributed by atoms with E-state index in [0.717, 1.165) is 25.9 Å². The normalized spacial score (nSPS) is 13.1. The second-order valence-corrected chi connectivity index (χ2v) is 4.70. The van der Waals surface area contributed by atoms with E-state index in [4.69, 9.17) is 10.5 Å². The third-order valence-electron chi connectivity index (χ3n) is 1.86. The van der Waals surface area contributed by atoms with Crippen molar-refractivity contribution in [2.45, 2.75) is 32.2 Å². The van der Waals surface area contributed by atoms with Gasteiger partial charge in [-0.25, -0.2) is 4.98 Å². The second kappa shape index (κ2) is 6.11. The zero-order chi connectivity index (χ0) is 10.4. The predicted molar refractivity (Wildman–Crippen MR) is 59.7 cm³/mol. The highest BCUT2D eigenvalue weighted by atomic mass is 32.1. The molecule has 14 heavy (non-hydrogen) atoms. The molecule has 0 amide bonds. The number of hydrogen-bond acceptors (Lipinski definition) is 4. The summed E-state index contributed by atoms with van der Waals surface area (Å²) in [6.45, 7) is 2.83. The fraction of sp³-hybridized carbons (Fsp3) is 0.700. The molecule has 0 aromatic carbocycles. The zero-order valence-electron chi connectivity index (χ0n) is 8.82. The Morgan fingerprint density at radius 2 is 2.43 bits per heavy atom. The molecule has 3 nitrogen and oxygen atoms in total. The Bertz CT molecular complexity index is 260. The highest BCUT2D eigenvalue weighted by molar-refractivity contribution is 7.11. The summed E-state index contributed by atoms with van der Waals surface area (Å²) in [4.78, 5) is 5.63. The van der Waals surface area contributed by atoms with Gasteiger partial charge in [-0.15, -0.1) is 11.3 Å². The molecule has 80 valence electrons. The Morgan fingerprint density at radius 3 is 3.07 bits per heavy atom. The molecular weight excluding hydrogens is 196 g/mol. The van der Waals surface area contributed by atoms with E-state index in [-0.39, 0.29) is 6.04 Å². The van der Waals surface area contributed by atoms with Crippen LogP contribution < -0.4 is 5.73 Å². The molecule has 0 aliphatic rings. The van der Waals surface area contributed by atoms with Gasteiger partial charge in [-0.3, -0.25) is 0 Å². The van der Waals surface area contributed by atoms with Gasteiger partial charge in [0.15, 0.2) is 0 Å². The van der Waals surface area contributed by atoms with Crippen LogP contribution in [0.2, 0.25) is 0 Å². The number of nitrogens with two attached hydrogens (primary N) is 1. The zero-order valence-corrected chi connectivity index (χ0v) is 9.64. The third-order valence-corrected chi connectivity index (χ3v) is 2.94. The lowest BCUT2D eigenvalue weighted by atomic mass is 10.2. The first kappa shape index (κ1) is 11.6. The van der Waals surface area contributed by atoms with Crippen molar-refractivity contribution < 1.29 is 4.74 Å². The summed E-state index contributed by atoms with van der Waals surface area (Å²) in [5.41, 5.74) is 5.71. The lowest BCUT2D eigenvalue weighted by Crippen LogP contribution is -2.16. The smallest absolute Gasteiger partial charge is 0.0928 e. The van der Waals surface area contributed by atoms with Crippen LogP contribution in [0, 0.1) is 0 Å². The molecule has 1 atom stereocenters. The highest BCUT2D eigenvalue weighted by Crippen LogP contribution is 2.15. The summed E-state index contributed by atoms with van der Waals surface area (Å²) in [7, 11) is 1.73. The largest absolute Gasteiger partial charge is 0.385 e. The molecule has 0 bridgehead atoms. The van der Waals surface area contributed by atoms with Crippen molar-refractivity contribution in [1.82, 2.24) is 4.98 Å². The molecule has 1 unspecified atom stereocenters. The summed E-state index contributed by atoms with van der Waals surface area (Å²) in [5.74, 6) is 0. The first-order chi connectivity index (χ1) is 6.72. The van der Waals surface area contributed by atoms with E-state index in [1.54, 1.807) is 18.4 Å². The summed E-state index contributed by atoms with van der Waals surface area (Å²) in [6, 6.07) is 0.224. The van der Waals surface area contributed by atoms with Crippen molar-refractivity contribution in [2.75, 3.05) is 13.7 Å². The SMILES string of the molecule is COCCCc1ncc(CC(C)N)s1. The Morgan fingerprint density at radius 1 is 1.64 bits per heavy atom. The highest BCUT2D eigenvalue weighted by Gasteiger charge is 2.03. The number of aromatic nitrogens is 1. The van der Waals surface area contributed by atoms with Crippen LogP contribution >= 0.6 is 11.3 Å². The van der Waals surface area contributed by atoms with Gasteiger partial charge in [0.1, 0.15) is 0 Å². The molecule has 0 spiro atoms. The van der Waals surface area contributed by atoms with Crippen LogP contribution in [0.15, 0.2) is 6.20 Å². The standard InChI is InChI=1S/C10H18N2OS/c1-8(11)6-9-7-12-10(14-9)4-3-5-13-2/h7-8H,3-6,11H2,1-2H3. The van der Waals surface area contributed by atoms with E-state index in [2.05, 4.69) is 4.98 Å². The van der Waals surface area contributed by atoms with Gasteiger partial charge in [0.25, 0.3) is 0 Å². The number of hydrogen-bond donors (Lipinski definition) is 1. The van der Waals surface area contributed by atoms with Gasteiger partial charge >= 0.3 is 0 Å². The molecule has 0 fully saturated rings. The molecular formula is C10H18N2OS. The van der Waals surface area contributed by atoms with Crippen LogP contribution in [-0.4, -0.2) is 24.7 Å². The van der Waals surface area contributed by atoms with Gasteiger partial charge in [-0.05, 0) is 19.8 Å². The average Bonchev–Trinajstić information content (AvgIpc) is 2.52. The topological polar surface area (TPSA) is 48.1 Å². The molecule has 1 aromatic heterocycles. The minimum atomic E-state index is 0.224. The van der Waals surface area contributed by atoms with Crippen molar-refractivity contribution in [1.29, 1.82) is 0 Å². The number of aryl methyl sites for hydroxylation is 1. The Hall–Kier alpha value is -0.450. The molecule has 1 heterocycles. The number of rotatable bonds is 6. The molecule has 0 saturated heterocycles. The van der Waals surface area contributed by atoms with E-state index in [0.29, 0.717) is 0 Å². The lowest BCUT2D eigenvalue weighted by molar-refractivity contribution is 0.195. The predicted octanol–water partition coefficient (Wildman–Crippen LogP) is 1.61. The van der Waals surface area contributed by atoms with Crippen LogP contribution in [0.5, 0.6) is 0 Å². The summed E-state index contributed by atoms with van der Waals surface area (Å²) >= 11 is 1.76. The maximum Gasteiger partial charge on any atom is 0.0928 e. The van der Waals surface area contributed by atoms with E-state index in [1.165, 1.54) is 9.88 Å². The molecule has 0 radical (unpaired) electrons. The van der Waals surface area contributed by atoms with Crippen LogP contribution in [0.4, 0.5) is 0 Å². The number of nitrogens with zero attached hydrogens (tertiary/aromatic N) is 1. The van der Waals surface area contributed by atoms with Crippen molar-refractivity contribution in [3.8, 4) is 0 Å². The number of thiazole rings is 1. The van der Waals surface area contributed by atoms with Gasteiger partial charge in [-0.1, -0.05) is 0 Å². The first-order valence-corrected chi connectivity index (χ1v) is 5.72. The van der Waals surface area contributed by atoms with Crippen LogP contribution in [-0.2, 0) is 17.6 Å². The average molecular weight is 214 g/mol. The molecule has 2 N–H and O–H groups in total. The van der Waals surface area contributed by atoms with Crippen molar-refractivity contribution in [3.63, 3.8) is 0 Å². The minimum absolute atomic E-state index is 0.224. The van der Waals surface area contributed by atoms with Gasteiger partial charge in [-0.2, -0.15) is 0 Å². The number of ether oxygens (including phenoxy) is 1. The molecule has 0 aliphatic heterocycles. The first-order valence-electron chi connectivity index (χ1n) is 4.90. The molecule has 1 rings (SSSR count). The molecule has 1 aromatic rings. The Balaban J connectivity index is 2.35.